The average molecular weight is 340 g/mol. The monoisotopic (exact) mass is 340 g/mol. The van der Waals surface area contributed by atoms with E-state index in [1.54, 1.807) is 0 Å². The maximum atomic E-state index is 12.8. The van der Waals surface area contributed by atoms with Crippen molar-refractivity contribution in [2.45, 2.75) is 45.6 Å². The first-order valence-electron chi connectivity index (χ1n) is 8.02. The summed E-state index contributed by atoms with van der Waals surface area (Å²) in [4.78, 5) is 2.57. The molecule has 0 saturated carbocycles. The third-order valence-corrected chi connectivity index (χ3v) is 6.74. The van der Waals surface area contributed by atoms with Crippen LogP contribution in [0.1, 0.15) is 27.8 Å². The van der Waals surface area contributed by atoms with Crippen molar-refractivity contribution < 1.29 is 13.2 Å². The van der Waals surface area contributed by atoms with Crippen LogP contribution < -0.4 is 4.72 Å². The van der Waals surface area contributed by atoms with E-state index in [0.717, 1.165) is 40.9 Å². The first-order chi connectivity index (χ1) is 10.6. The number of nitrogens with one attached hydrogen (secondary N) is 1. The zero-order valence-electron chi connectivity index (χ0n) is 15.0. The van der Waals surface area contributed by atoms with Crippen molar-refractivity contribution in [2.24, 2.45) is 0 Å². The van der Waals surface area contributed by atoms with Gasteiger partial charge in [-0.2, -0.15) is 0 Å². The molecule has 1 N–H and O–H groups in total. The van der Waals surface area contributed by atoms with Crippen LogP contribution in [0.3, 0.4) is 0 Å². The van der Waals surface area contributed by atoms with Crippen LogP contribution in [0.4, 0.5) is 0 Å². The van der Waals surface area contributed by atoms with Crippen molar-refractivity contribution in [3.05, 3.63) is 27.8 Å². The van der Waals surface area contributed by atoms with Crippen LogP contribution in [-0.2, 0) is 14.8 Å². The highest BCUT2D eigenvalue weighted by Crippen LogP contribution is 2.29. The van der Waals surface area contributed by atoms with Gasteiger partial charge in [0.2, 0.25) is 10.0 Å². The molecule has 1 aromatic rings. The molecule has 0 aromatic heterocycles. The number of morpholine rings is 1. The molecule has 1 aliphatic rings. The first kappa shape index (κ1) is 18.4. The number of hydrogen-bond donors (Lipinski definition) is 1. The summed E-state index contributed by atoms with van der Waals surface area (Å²) in [6.45, 7) is 12.3. The zero-order chi connectivity index (χ0) is 17.4. The molecule has 1 aliphatic heterocycles. The molecule has 1 fully saturated rings. The molecule has 0 aliphatic carbocycles. The summed E-state index contributed by atoms with van der Waals surface area (Å²) in [5.41, 5.74) is 4.92. The normalized spacial score (nSPS) is 20.0. The number of benzene rings is 1. The number of nitrogens with zero attached hydrogens (tertiary/aromatic N) is 1. The van der Waals surface area contributed by atoms with Gasteiger partial charge in [-0.05, 0) is 69.5 Å². The Kier molecular flexibility index (Phi) is 5.51. The van der Waals surface area contributed by atoms with Crippen LogP contribution in [-0.4, -0.2) is 52.7 Å². The summed E-state index contributed by atoms with van der Waals surface area (Å²) >= 11 is 0. The molecule has 1 aromatic carbocycles. The van der Waals surface area contributed by atoms with E-state index in [2.05, 4.69) is 9.62 Å². The third-order valence-electron chi connectivity index (χ3n) is 5.04. The predicted molar refractivity (Wildman–Crippen MR) is 92.6 cm³/mol. The minimum absolute atomic E-state index is 0.100. The van der Waals surface area contributed by atoms with E-state index in [-0.39, 0.29) is 6.10 Å². The first-order valence-corrected chi connectivity index (χ1v) is 9.50. The Hall–Kier alpha value is -0.950. The smallest absolute Gasteiger partial charge is 0.241 e. The van der Waals surface area contributed by atoms with Crippen molar-refractivity contribution in [2.75, 3.05) is 33.3 Å². The zero-order valence-corrected chi connectivity index (χ0v) is 15.8. The van der Waals surface area contributed by atoms with Crippen molar-refractivity contribution in [1.82, 2.24) is 9.62 Å². The van der Waals surface area contributed by atoms with Crippen LogP contribution in [0.5, 0.6) is 0 Å². The van der Waals surface area contributed by atoms with Crippen molar-refractivity contribution >= 4 is 10.0 Å². The Morgan fingerprint density at radius 3 is 2.09 bits per heavy atom. The van der Waals surface area contributed by atoms with Crippen LogP contribution in [0, 0.1) is 34.6 Å². The summed E-state index contributed by atoms with van der Waals surface area (Å²) < 4.78 is 34.0. The lowest BCUT2D eigenvalue weighted by Crippen LogP contribution is -2.46. The summed E-state index contributed by atoms with van der Waals surface area (Å²) in [5.74, 6) is 0. The molecule has 0 amide bonds. The second-order valence-corrected chi connectivity index (χ2v) is 8.26. The Bertz CT molecular complexity index is 669. The van der Waals surface area contributed by atoms with Crippen molar-refractivity contribution in [1.29, 1.82) is 0 Å². The molecular weight excluding hydrogens is 312 g/mol. The number of ether oxygens (including phenoxy) is 1. The number of rotatable bonds is 4. The maximum absolute atomic E-state index is 12.8. The molecule has 2 rings (SSSR count). The van der Waals surface area contributed by atoms with E-state index in [4.69, 9.17) is 4.74 Å². The van der Waals surface area contributed by atoms with E-state index >= 15 is 0 Å². The Labute approximate surface area is 140 Å². The van der Waals surface area contributed by atoms with Gasteiger partial charge >= 0.3 is 0 Å². The second kappa shape index (κ2) is 6.89. The molecular formula is C17H28N2O3S. The molecule has 6 heteroatoms. The lowest BCUT2D eigenvalue weighted by molar-refractivity contribution is -0.0156. The molecule has 1 heterocycles. The Balaban J connectivity index is 2.26. The fourth-order valence-electron chi connectivity index (χ4n) is 3.13. The Morgan fingerprint density at radius 2 is 1.57 bits per heavy atom. The van der Waals surface area contributed by atoms with Crippen molar-refractivity contribution in [3.63, 3.8) is 0 Å². The van der Waals surface area contributed by atoms with Gasteiger partial charge in [-0.25, -0.2) is 13.1 Å². The average Bonchev–Trinajstić information content (AvgIpc) is 2.49. The maximum Gasteiger partial charge on any atom is 0.241 e. The quantitative estimate of drug-likeness (QED) is 0.909. The summed E-state index contributed by atoms with van der Waals surface area (Å²) in [5, 5.41) is 0. The van der Waals surface area contributed by atoms with Gasteiger partial charge < -0.3 is 9.64 Å². The number of sulfonamides is 1. The second-order valence-electron chi connectivity index (χ2n) is 6.56. The molecule has 23 heavy (non-hydrogen) atoms. The van der Waals surface area contributed by atoms with E-state index in [0.29, 0.717) is 18.0 Å². The lowest BCUT2D eigenvalue weighted by Gasteiger charge is -2.30. The topological polar surface area (TPSA) is 58.6 Å². The van der Waals surface area contributed by atoms with Gasteiger partial charge in [-0.3, -0.25) is 0 Å². The van der Waals surface area contributed by atoms with E-state index in [1.165, 1.54) is 0 Å². The summed E-state index contributed by atoms with van der Waals surface area (Å²) in [7, 11) is -1.53. The lowest BCUT2D eigenvalue weighted by atomic mass is 9.95. The highest BCUT2D eigenvalue weighted by molar-refractivity contribution is 7.89. The summed E-state index contributed by atoms with van der Waals surface area (Å²) in [6.07, 6.45) is -0.100. The Morgan fingerprint density at radius 1 is 1.04 bits per heavy atom. The molecule has 130 valence electrons. The molecule has 0 radical (unpaired) electrons. The standard InChI is InChI=1S/C17H28N2O3S/c1-11-12(2)14(4)17(15(5)13(11)3)23(20,21)18-9-16-10-19(6)7-8-22-16/h16,18H,7-10H2,1-6H3/t16-/m1/s1. The molecule has 0 bridgehead atoms. The summed E-state index contributed by atoms with van der Waals surface area (Å²) in [6, 6.07) is 0. The van der Waals surface area contributed by atoms with Crippen LogP contribution >= 0.6 is 0 Å². The fourth-order valence-corrected chi connectivity index (χ4v) is 4.80. The largest absolute Gasteiger partial charge is 0.374 e. The van der Waals surface area contributed by atoms with Gasteiger partial charge in [-0.15, -0.1) is 0 Å². The highest BCUT2D eigenvalue weighted by Gasteiger charge is 2.25. The van der Waals surface area contributed by atoms with E-state index < -0.39 is 10.0 Å². The predicted octanol–water partition coefficient (Wildman–Crippen LogP) is 1.84. The minimum atomic E-state index is -3.55. The van der Waals surface area contributed by atoms with Gasteiger partial charge in [-0.1, -0.05) is 0 Å². The molecule has 0 spiro atoms. The van der Waals surface area contributed by atoms with E-state index in [1.807, 2.05) is 41.7 Å². The molecule has 1 saturated heterocycles. The SMILES string of the molecule is Cc1c(C)c(C)c(S(=O)(=O)NC[C@@H]2CN(C)CCO2)c(C)c1C. The number of hydrogen-bond acceptors (Lipinski definition) is 4. The highest BCUT2D eigenvalue weighted by atomic mass is 32.2. The number of likely N-dealkylation sites (N-methyl/N-ethyl adjacent to an activating group) is 1. The van der Waals surface area contributed by atoms with Crippen LogP contribution in [0.2, 0.25) is 0 Å². The van der Waals surface area contributed by atoms with Gasteiger partial charge in [0.1, 0.15) is 0 Å². The van der Waals surface area contributed by atoms with Crippen LogP contribution in [0.25, 0.3) is 0 Å². The van der Waals surface area contributed by atoms with Crippen molar-refractivity contribution in [3.8, 4) is 0 Å². The molecule has 0 unspecified atom stereocenters. The van der Waals surface area contributed by atoms with Gasteiger partial charge in [0, 0.05) is 19.6 Å². The fraction of sp³-hybridized carbons (Fsp3) is 0.647. The van der Waals surface area contributed by atoms with Gasteiger partial charge in [0.25, 0.3) is 0 Å². The van der Waals surface area contributed by atoms with Crippen LogP contribution in [0.15, 0.2) is 4.90 Å². The van der Waals surface area contributed by atoms with Gasteiger partial charge in [0.15, 0.2) is 0 Å². The van der Waals surface area contributed by atoms with Gasteiger partial charge in [0.05, 0.1) is 17.6 Å². The third kappa shape index (κ3) is 3.76. The molecule has 1 atom stereocenters. The minimum Gasteiger partial charge on any atom is -0.374 e. The molecule has 5 nitrogen and oxygen atoms in total. The van der Waals surface area contributed by atoms with E-state index in [9.17, 15) is 8.42 Å².